The fraction of sp³-hybridized carbons (Fsp3) is 0.0455. The lowest BCUT2D eigenvalue weighted by Gasteiger charge is -2.16. The van der Waals surface area contributed by atoms with Crippen LogP contribution in [0.1, 0.15) is 24.1 Å². The zero-order chi connectivity index (χ0) is 31.0. The predicted molar refractivity (Wildman–Crippen MR) is 197 cm³/mol. The number of rotatable bonds is 6. The van der Waals surface area contributed by atoms with E-state index in [2.05, 4.69) is 169 Å². The van der Waals surface area contributed by atoms with Gasteiger partial charge in [-0.2, -0.15) is 0 Å². The van der Waals surface area contributed by atoms with Crippen LogP contribution in [0.2, 0.25) is 0 Å². The lowest BCUT2D eigenvalue weighted by atomic mass is 9.96. The molecule has 1 aromatic heterocycles. The zero-order valence-corrected chi connectivity index (χ0v) is 25.8. The van der Waals surface area contributed by atoms with Crippen molar-refractivity contribution in [2.45, 2.75) is 13.0 Å². The Kier molecular flexibility index (Phi) is 6.96. The molecule has 1 aliphatic rings. The van der Waals surface area contributed by atoms with Crippen molar-refractivity contribution in [1.82, 2.24) is 9.88 Å². The topological polar surface area (TPSA) is 17.0 Å². The van der Waals surface area contributed by atoms with E-state index in [4.69, 9.17) is 0 Å². The maximum Gasteiger partial charge on any atom is 0.0695 e. The highest BCUT2D eigenvalue weighted by molar-refractivity contribution is 6.19. The van der Waals surface area contributed by atoms with Gasteiger partial charge in [0.1, 0.15) is 0 Å². The second kappa shape index (κ2) is 11.6. The number of hydrogen-bond donors (Lipinski definition) is 1. The van der Waals surface area contributed by atoms with Crippen LogP contribution in [0.25, 0.3) is 66.1 Å². The standard InChI is InChI=1S/C44H34N2/c1-3-10-30(2)33-11-9-12-34(27-33)35-20-23-39-37(28-35)22-25-41-40-24-21-36(29-43(40)46(44(39)41)38-13-5-4-6-14-38)31-16-18-32(19-17-31)42-15-7-8-26-45-42/h3-29,42,45H,1H2,2H3/b30-10+. The molecule has 2 nitrogen and oxygen atoms in total. The summed E-state index contributed by atoms with van der Waals surface area (Å²) in [6.07, 6.45) is 12.2. The van der Waals surface area contributed by atoms with E-state index in [1.54, 1.807) is 0 Å². The highest BCUT2D eigenvalue weighted by Crippen LogP contribution is 2.39. The molecule has 0 radical (unpaired) electrons. The molecule has 46 heavy (non-hydrogen) atoms. The highest BCUT2D eigenvalue weighted by atomic mass is 15.0. The van der Waals surface area contributed by atoms with E-state index in [1.165, 1.54) is 71.5 Å². The van der Waals surface area contributed by atoms with Crippen LogP contribution in [0.3, 0.4) is 0 Å². The van der Waals surface area contributed by atoms with Gasteiger partial charge in [0.15, 0.2) is 0 Å². The molecule has 1 unspecified atom stereocenters. The Balaban J connectivity index is 1.28. The number of allylic oxidation sites excluding steroid dienone is 5. The van der Waals surface area contributed by atoms with Gasteiger partial charge < -0.3 is 9.88 Å². The van der Waals surface area contributed by atoms with Gasteiger partial charge in [-0.15, -0.1) is 0 Å². The summed E-state index contributed by atoms with van der Waals surface area (Å²) in [5.41, 5.74) is 12.1. The quantitative estimate of drug-likeness (QED) is 0.191. The summed E-state index contributed by atoms with van der Waals surface area (Å²) in [6, 6.07) is 47.0. The average Bonchev–Trinajstić information content (AvgIpc) is 3.46. The fourth-order valence-electron chi connectivity index (χ4n) is 6.79. The number of hydrogen-bond acceptors (Lipinski definition) is 1. The normalized spacial score (nSPS) is 14.6. The van der Waals surface area contributed by atoms with Gasteiger partial charge >= 0.3 is 0 Å². The van der Waals surface area contributed by atoms with Crippen LogP contribution in [0.4, 0.5) is 0 Å². The van der Waals surface area contributed by atoms with Crippen molar-refractivity contribution in [2.24, 2.45) is 0 Å². The van der Waals surface area contributed by atoms with Crippen LogP contribution in [0.15, 0.2) is 171 Å². The molecular formula is C44H34N2. The van der Waals surface area contributed by atoms with Gasteiger partial charge in [0, 0.05) is 21.8 Å². The maximum absolute atomic E-state index is 3.87. The van der Waals surface area contributed by atoms with Gasteiger partial charge in [-0.05, 0) is 93.9 Å². The molecule has 0 bridgehead atoms. The molecule has 0 aliphatic carbocycles. The lowest BCUT2D eigenvalue weighted by Crippen LogP contribution is -2.14. The Morgan fingerprint density at radius 3 is 2.20 bits per heavy atom. The number of nitrogens with one attached hydrogen (secondary N) is 1. The molecule has 2 heteroatoms. The molecule has 1 aliphatic heterocycles. The first-order chi connectivity index (χ1) is 22.7. The molecule has 0 saturated heterocycles. The summed E-state index contributed by atoms with van der Waals surface area (Å²) in [7, 11) is 0. The Bertz CT molecular complexity index is 2350. The van der Waals surface area contributed by atoms with Crippen molar-refractivity contribution in [2.75, 3.05) is 0 Å². The van der Waals surface area contributed by atoms with Crippen molar-refractivity contribution < 1.29 is 0 Å². The van der Waals surface area contributed by atoms with Crippen LogP contribution in [-0.4, -0.2) is 4.57 Å². The van der Waals surface area contributed by atoms with Crippen LogP contribution < -0.4 is 5.32 Å². The van der Waals surface area contributed by atoms with Gasteiger partial charge in [-0.25, -0.2) is 0 Å². The molecule has 6 aromatic carbocycles. The van der Waals surface area contributed by atoms with Gasteiger partial charge in [0.2, 0.25) is 0 Å². The summed E-state index contributed by atoms with van der Waals surface area (Å²) in [5.74, 6) is 0. The third-order valence-electron chi connectivity index (χ3n) is 9.17. The molecular weight excluding hydrogens is 556 g/mol. The number of dihydropyridines is 1. The second-order valence-corrected chi connectivity index (χ2v) is 12.0. The van der Waals surface area contributed by atoms with Crippen LogP contribution >= 0.6 is 0 Å². The molecule has 1 N–H and O–H groups in total. The highest BCUT2D eigenvalue weighted by Gasteiger charge is 2.17. The van der Waals surface area contributed by atoms with Crippen molar-refractivity contribution >= 4 is 38.2 Å². The van der Waals surface area contributed by atoms with E-state index in [-0.39, 0.29) is 6.04 Å². The molecule has 7 aromatic rings. The van der Waals surface area contributed by atoms with E-state index in [0.717, 1.165) is 5.69 Å². The number of aromatic nitrogens is 1. The third kappa shape index (κ3) is 4.85. The minimum Gasteiger partial charge on any atom is -0.381 e. The van der Waals surface area contributed by atoms with E-state index in [0.29, 0.717) is 0 Å². The molecule has 2 heterocycles. The number of fused-ring (bicyclic) bond motifs is 5. The molecule has 220 valence electrons. The molecule has 0 amide bonds. The van der Waals surface area contributed by atoms with Gasteiger partial charge in [0.25, 0.3) is 0 Å². The van der Waals surface area contributed by atoms with Gasteiger partial charge in [-0.1, -0.05) is 128 Å². The Hall–Kier alpha value is -5.86. The van der Waals surface area contributed by atoms with Crippen molar-refractivity contribution in [3.8, 4) is 27.9 Å². The molecule has 8 rings (SSSR count). The Morgan fingerprint density at radius 2 is 1.41 bits per heavy atom. The second-order valence-electron chi connectivity index (χ2n) is 12.0. The maximum atomic E-state index is 3.87. The summed E-state index contributed by atoms with van der Waals surface area (Å²) >= 11 is 0. The summed E-state index contributed by atoms with van der Waals surface area (Å²) in [5, 5.41) is 8.41. The van der Waals surface area contributed by atoms with Crippen LogP contribution in [0.5, 0.6) is 0 Å². The zero-order valence-electron chi connectivity index (χ0n) is 25.8. The largest absolute Gasteiger partial charge is 0.381 e. The van der Waals surface area contributed by atoms with Crippen LogP contribution in [0, 0.1) is 0 Å². The summed E-state index contributed by atoms with van der Waals surface area (Å²) in [6.45, 7) is 6.00. The molecule has 1 atom stereocenters. The van der Waals surface area contributed by atoms with Crippen molar-refractivity contribution in [3.05, 3.63) is 182 Å². The molecule has 0 saturated carbocycles. The minimum absolute atomic E-state index is 0.207. The SMILES string of the molecule is C=C/C=C(\C)c1cccc(-c2ccc3c(ccc4c5ccc(-c6ccc(C7C=CC=CN7)cc6)cc5n(-c5ccccc5)c34)c2)c1. The lowest BCUT2D eigenvalue weighted by molar-refractivity contribution is 0.746. The third-order valence-corrected chi connectivity index (χ3v) is 9.17. The number of para-hydroxylation sites is 1. The fourth-order valence-corrected chi connectivity index (χ4v) is 6.79. The van der Waals surface area contributed by atoms with E-state index in [9.17, 15) is 0 Å². The Morgan fingerprint density at radius 1 is 0.674 bits per heavy atom. The summed E-state index contributed by atoms with van der Waals surface area (Å²) < 4.78 is 2.44. The van der Waals surface area contributed by atoms with E-state index < -0.39 is 0 Å². The summed E-state index contributed by atoms with van der Waals surface area (Å²) in [4.78, 5) is 0. The number of nitrogens with zero attached hydrogens (tertiary/aromatic N) is 1. The average molecular weight is 591 g/mol. The Labute approximate surface area is 270 Å². The van der Waals surface area contributed by atoms with Gasteiger partial charge in [-0.3, -0.25) is 0 Å². The van der Waals surface area contributed by atoms with E-state index >= 15 is 0 Å². The first-order valence-corrected chi connectivity index (χ1v) is 15.8. The predicted octanol–water partition coefficient (Wildman–Crippen LogP) is 11.6. The minimum atomic E-state index is 0.207. The first kappa shape index (κ1) is 27.7. The van der Waals surface area contributed by atoms with Crippen LogP contribution in [-0.2, 0) is 0 Å². The monoisotopic (exact) mass is 590 g/mol. The molecule has 0 fully saturated rings. The number of benzene rings is 6. The smallest absolute Gasteiger partial charge is 0.0695 e. The van der Waals surface area contributed by atoms with Gasteiger partial charge in [0.05, 0.1) is 17.1 Å². The van der Waals surface area contributed by atoms with E-state index in [1.807, 2.05) is 18.4 Å². The van der Waals surface area contributed by atoms with Crippen molar-refractivity contribution in [3.63, 3.8) is 0 Å². The first-order valence-electron chi connectivity index (χ1n) is 15.8. The molecule has 0 spiro atoms. The van der Waals surface area contributed by atoms with Crippen molar-refractivity contribution in [1.29, 1.82) is 0 Å².